The fourth-order valence-electron chi connectivity index (χ4n) is 4.55. The van der Waals surface area contributed by atoms with E-state index >= 15 is 0 Å². The van der Waals surface area contributed by atoms with Crippen LogP contribution in [0.2, 0.25) is 0 Å². The summed E-state index contributed by atoms with van der Waals surface area (Å²) in [5, 5.41) is 1.18. The highest BCUT2D eigenvalue weighted by Crippen LogP contribution is 2.46. The van der Waals surface area contributed by atoms with Gasteiger partial charge in [-0.25, -0.2) is 0 Å². The third-order valence-corrected chi connectivity index (χ3v) is 7.63. The second-order valence-corrected chi connectivity index (χ2v) is 9.50. The lowest BCUT2D eigenvalue weighted by molar-refractivity contribution is -0.0643. The number of piperidine rings is 3. The summed E-state index contributed by atoms with van der Waals surface area (Å²) in [6.07, 6.45) is 3.23. The van der Waals surface area contributed by atoms with Crippen molar-refractivity contribution in [2.24, 2.45) is 11.8 Å². The molecule has 2 nitrogen and oxygen atoms in total. The van der Waals surface area contributed by atoms with Crippen molar-refractivity contribution in [2.75, 3.05) is 13.1 Å². The molecule has 0 saturated carbocycles. The van der Waals surface area contributed by atoms with E-state index in [0.717, 1.165) is 15.3 Å². The molecule has 0 N–H and O–H groups in total. The Morgan fingerprint density at radius 2 is 2.04 bits per heavy atom. The van der Waals surface area contributed by atoms with Gasteiger partial charge in [-0.1, -0.05) is 22.0 Å². The summed E-state index contributed by atoms with van der Waals surface area (Å²) in [4.78, 5) is 16.4. The maximum absolute atomic E-state index is 12.9. The Morgan fingerprint density at radius 1 is 1.30 bits per heavy atom. The van der Waals surface area contributed by atoms with Gasteiger partial charge in [0.15, 0.2) is 5.78 Å². The van der Waals surface area contributed by atoms with Crippen LogP contribution in [-0.4, -0.2) is 29.3 Å². The van der Waals surface area contributed by atoms with Gasteiger partial charge in [0, 0.05) is 21.1 Å². The third kappa shape index (κ3) is 2.69. The lowest BCUT2D eigenvalue weighted by Gasteiger charge is -2.56. The van der Waals surface area contributed by atoms with Crippen molar-refractivity contribution in [1.29, 1.82) is 0 Å². The van der Waals surface area contributed by atoms with E-state index in [9.17, 15) is 4.79 Å². The molecule has 1 atom stereocenters. The van der Waals surface area contributed by atoms with Crippen LogP contribution in [0.15, 0.2) is 28.7 Å². The van der Waals surface area contributed by atoms with Crippen LogP contribution < -0.4 is 0 Å². The minimum Gasteiger partial charge on any atom is -0.298 e. The first-order valence-corrected chi connectivity index (χ1v) is 10.0. The van der Waals surface area contributed by atoms with Crippen molar-refractivity contribution in [3.8, 4) is 0 Å². The topological polar surface area (TPSA) is 20.3 Å². The Kier molecular flexibility index (Phi) is 3.90. The SMILES string of the molecule is CC1(C)[C@H](CC(=O)c2cc3ccc(Br)cc3s2)C2CCN1CC2. The molecule has 3 aliphatic heterocycles. The number of hydrogen-bond acceptors (Lipinski definition) is 3. The van der Waals surface area contributed by atoms with Gasteiger partial charge in [0.2, 0.25) is 0 Å². The molecule has 23 heavy (non-hydrogen) atoms. The molecule has 2 aromatic rings. The van der Waals surface area contributed by atoms with E-state index in [0.29, 0.717) is 18.1 Å². The number of carbonyl (C=O) groups excluding carboxylic acids is 1. The summed E-state index contributed by atoms with van der Waals surface area (Å²) in [5.41, 5.74) is 0.163. The fraction of sp³-hybridized carbons (Fsp3) is 0.526. The lowest BCUT2D eigenvalue weighted by atomic mass is 9.65. The predicted octanol–water partition coefficient (Wildman–Crippen LogP) is 5.36. The molecule has 0 amide bonds. The molecular formula is C19H22BrNOS. The van der Waals surface area contributed by atoms with Crippen molar-refractivity contribution in [3.63, 3.8) is 0 Å². The van der Waals surface area contributed by atoms with Crippen LogP contribution >= 0.6 is 27.3 Å². The summed E-state index contributed by atoms with van der Waals surface area (Å²) >= 11 is 5.15. The van der Waals surface area contributed by atoms with Crippen LogP contribution in [0.1, 0.15) is 42.8 Å². The number of benzene rings is 1. The van der Waals surface area contributed by atoms with E-state index in [2.05, 4.69) is 52.9 Å². The number of rotatable bonds is 3. The zero-order valence-electron chi connectivity index (χ0n) is 13.6. The van der Waals surface area contributed by atoms with Gasteiger partial charge in [-0.2, -0.15) is 0 Å². The Bertz CT molecular complexity index is 758. The summed E-state index contributed by atoms with van der Waals surface area (Å²) in [5.74, 6) is 1.55. The molecule has 4 heterocycles. The molecule has 3 fully saturated rings. The van der Waals surface area contributed by atoms with Crippen LogP contribution in [0.4, 0.5) is 0 Å². The number of carbonyl (C=O) groups is 1. The molecule has 3 aliphatic rings. The van der Waals surface area contributed by atoms with Crippen molar-refractivity contribution < 1.29 is 4.79 Å². The molecule has 0 radical (unpaired) electrons. The van der Waals surface area contributed by atoms with E-state index in [1.165, 1.54) is 36.0 Å². The van der Waals surface area contributed by atoms with E-state index in [-0.39, 0.29) is 5.54 Å². The summed E-state index contributed by atoms with van der Waals surface area (Å²) < 4.78 is 2.26. The molecule has 1 aromatic carbocycles. The summed E-state index contributed by atoms with van der Waals surface area (Å²) in [7, 11) is 0. The number of nitrogens with zero attached hydrogens (tertiary/aromatic N) is 1. The largest absolute Gasteiger partial charge is 0.298 e. The van der Waals surface area contributed by atoms with Crippen LogP contribution in [-0.2, 0) is 0 Å². The monoisotopic (exact) mass is 391 g/mol. The van der Waals surface area contributed by atoms with Crippen molar-refractivity contribution >= 4 is 43.1 Å². The molecule has 3 saturated heterocycles. The molecule has 1 aromatic heterocycles. The van der Waals surface area contributed by atoms with Gasteiger partial charge in [-0.3, -0.25) is 9.69 Å². The maximum Gasteiger partial charge on any atom is 0.173 e. The number of halogens is 1. The van der Waals surface area contributed by atoms with E-state index < -0.39 is 0 Å². The van der Waals surface area contributed by atoms with Gasteiger partial charge in [0.1, 0.15) is 0 Å². The molecule has 122 valence electrons. The average Bonchev–Trinajstić information content (AvgIpc) is 2.94. The molecule has 0 spiro atoms. The molecule has 5 rings (SSSR count). The standard InChI is InChI=1S/C19H22BrNOS/c1-19(2)15(12-5-7-21(19)8-6-12)11-16(22)18-9-13-3-4-14(20)10-17(13)23-18/h3-4,9-10,12,15H,5-8,11H2,1-2H3/t15-/m1/s1. The first kappa shape index (κ1) is 15.8. The van der Waals surface area contributed by atoms with E-state index in [1.807, 2.05) is 6.07 Å². The van der Waals surface area contributed by atoms with Gasteiger partial charge in [-0.15, -0.1) is 11.3 Å². The van der Waals surface area contributed by atoms with E-state index in [1.54, 1.807) is 11.3 Å². The predicted molar refractivity (Wildman–Crippen MR) is 100 cm³/mol. The highest BCUT2D eigenvalue weighted by molar-refractivity contribution is 9.10. The highest BCUT2D eigenvalue weighted by atomic mass is 79.9. The average molecular weight is 392 g/mol. The number of Topliss-reactive ketones (excluding diaryl/α,β-unsaturated/α-hetero) is 1. The van der Waals surface area contributed by atoms with Gasteiger partial charge >= 0.3 is 0 Å². The zero-order chi connectivity index (χ0) is 16.2. The van der Waals surface area contributed by atoms with Crippen LogP contribution in [0, 0.1) is 11.8 Å². The second kappa shape index (κ2) is 5.68. The van der Waals surface area contributed by atoms with Gasteiger partial charge < -0.3 is 0 Å². The maximum atomic E-state index is 12.9. The Morgan fingerprint density at radius 3 is 2.74 bits per heavy atom. The minimum absolute atomic E-state index is 0.163. The van der Waals surface area contributed by atoms with Crippen LogP contribution in [0.25, 0.3) is 10.1 Å². The molecule has 4 heteroatoms. The Balaban J connectivity index is 1.59. The molecule has 0 unspecified atom stereocenters. The molecule has 0 aliphatic carbocycles. The first-order valence-electron chi connectivity index (χ1n) is 8.42. The normalized spacial score (nSPS) is 29.1. The van der Waals surface area contributed by atoms with Crippen molar-refractivity contribution in [3.05, 3.63) is 33.6 Å². The molecular weight excluding hydrogens is 370 g/mol. The fourth-order valence-corrected chi connectivity index (χ4v) is 6.11. The van der Waals surface area contributed by atoms with Crippen molar-refractivity contribution in [1.82, 2.24) is 4.90 Å². The van der Waals surface area contributed by atoms with Gasteiger partial charge in [0.25, 0.3) is 0 Å². The smallest absolute Gasteiger partial charge is 0.173 e. The van der Waals surface area contributed by atoms with Gasteiger partial charge in [0.05, 0.1) is 4.88 Å². The number of thiophene rings is 1. The highest BCUT2D eigenvalue weighted by Gasteiger charge is 2.47. The van der Waals surface area contributed by atoms with Crippen molar-refractivity contribution in [2.45, 2.75) is 38.6 Å². The number of hydrogen-bond donors (Lipinski definition) is 0. The number of fused-ring (bicyclic) bond motifs is 4. The zero-order valence-corrected chi connectivity index (χ0v) is 16.0. The van der Waals surface area contributed by atoms with Crippen LogP contribution in [0.3, 0.4) is 0 Å². The summed E-state index contributed by atoms with van der Waals surface area (Å²) in [6.45, 7) is 7.08. The minimum atomic E-state index is 0.163. The summed E-state index contributed by atoms with van der Waals surface area (Å²) in [6, 6.07) is 8.31. The lowest BCUT2D eigenvalue weighted by Crippen LogP contribution is -2.61. The quantitative estimate of drug-likeness (QED) is 0.656. The Hall–Kier alpha value is -0.710. The first-order chi connectivity index (χ1) is 10.9. The van der Waals surface area contributed by atoms with E-state index in [4.69, 9.17) is 0 Å². The van der Waals surface area contributed by atoms with Crippen LogP contribution in [0.5, 0.6) is 0 Å². The second-order valence-electron chi connectivity index (χ2n) is 7.50. The van der Waals surface area contributed by atoms with Gasteiger partial charge in [-0.05, 0) is 75.2 Å². The Labute approximate surface area is 150 Å². The third-order valence-electron chi connectivity index (χ3n) is 5.99. The molecule has 2 bridgehead atoms. The number of ketones is 1.